The predicted octanol–water partition coefficient (Wildman–Crippen LogP) is 5.20. The van der Waals surface area contributed by atoms with Crippen LogP contribution in [0, 0.1) is 0 Å². The van der Waals surface area contributed by atoms with Gasteiger partial charge in [-0.1, -0.05) is 67.9 Å². The molecular formula is C20H21ClN4. The average molecular weight is 353 g/mol. The molecule has 2 atom stereocenters. The minimum atomic E-state index is 0.0715. The molecule has 0 fully saturated rings. The number of aromatic nitrogens is 3. The van der Waals surface area contributed by atoms with Gasteiger partial charge in [0.25, 0.3) is 0 Å². The van der Waals surface area contributed by atoms with Gasteiger partial charge in [0.15, 0.2) is 0 Å². The Morgan fingerprint density at radius 3 is 2.60 bits per heavy atom. The van der Waals surface area contributed by atoms with E-state index in [-0.39, 0.29) is 12.1 Å². The summed E-state index contributed by atoms with van der Waals surface area (Å²) in [4.78, 5) is 4.38. The molecule has 3 aromatic rings. The first-order chi connectivity index (χ1) is 12.1. The normalized spacial score (nSPS) is 19.5. The zero-order chi connectivity index (χ0) is 17.4. The van der Waals surface area contributed by atoms with E-state index in [0.29, 0.717) is 5.92 Å². The molecule has 0 saturated heterocycles. The Morgan fingerprint density at radius 2 is 1.88 bits per heavy atom. The van der Waals surface area contributed by atoms with Gasteiger partial charge in [-0.3, -0.25) is 0 Å². The quantitative estimate of drug-likeness (QED) is 0.704. The van der Waals surface area contributed by atoms with Crippen molar-refractivity contribution in [2.45, 2.75) is 38.3 Å². The Balaban J connectivity index is 1.70. The Hall–Kier alpha value is -2.33. The summed E-state index contributed by atoms with van der Waals surface area (Å²) >= 11 is 6.46. The predicted molar refractivity (Wildman–Crippen MR) is 101 cm³/mol. The third-order valence-electron chi connectivity index (χ3n) is 4.90. The standard InChI is InChI=1S/C20H21ClN4/c1-13(2)14-7-9-15(10-8-14)18-11-19(16-5-3-4-6-17(16)21)25-20(24-18)22-12-23-25/h3-10,12-13,18-19H,11H2,1-2H3,(H,22,23,24)/t18-,19+/m0/s1. The van der Waals surface area contributed by atoms with Crippen molar-refractivity contribution in [1.29, 1.82) is 0 Å². The molecule has 0 saturated carbocycles. The fourth-order valence-electron chi connectivity index (χ4n) is 3.46. The van der Waals surface area contributed by atoms with Crippen molar-refractivity contribution in [2.24, 2.45) is 0 Å². The summed E-state index contributed by atoms with van der Waals surface area (Å²) < 4.78 is 1.93. The number of nitrogens with one attached hydrogen (secondary N) is 1. The maximum absolute atomic E-state index is 6.46. The zero-order valence-corrected chi connectivity index (χ0v) is 15.1. The Labute approximate surface area is 152 Å². The summed E-state index contributed by atoms with van der Waals surface area (Å²) in [6, 6.07) is 17.1. The van der Waals surface area contributed by atoms with Crippen LogP contribution in [0.3, 0.4) is 0 Å². The average Bonchev–Trinajstić information content (AvgIpc) is 3.10. The molecule has 0 amide bonds. The SMILES string of the molecule is CC(C)c1ccc([C@@H]2C[C@H](c3ccccc3Cl)n3ncnc3N2)cc1. The first kappa shape index (κ1) is 16.2. The number of halogens is 1. The van der Waals surface area contributed by atoms with Gasteiger partial charge >= 0.3 is 0 Å². The van der Waals surface area contributed by atoms with Crippen LogP contribution in [-0.2, 0) is 0 Å². The van der Waals surface area contributed by atoms with Crippen molar-refractivity contribution in [3.8, 4) is 0 Å². The summed E-state index contributed by atoms with van der Waals surface area (Å²) in [5.74, 6) is 1.32. The van der Waals surface area contributed by atoms with E-state index in [1.807, 2.05) is 22.9 Å². The van der Waals surface area contributed by atoms with Crippen LogP contribution in [0.4, 0.5) is 5.95 Å². The molecule has 0 unspecified atom stereocenters. The van der Waals surface area contributed by atoms with Crippen LogP contribution < -0.4 is 5.32 Å². The summed E-state index contributed by atoms with van der Waals surface area (Å²) in [7, 11) is 0. The molecule has 1 aromatic heterocycles. The number of nitrogens with zero attached hydrogens (tertiary/aromatic N) is 3. The zero-order valence-electron chi connectivity index (χ0n) is 14.4. The maximum Gasteiger partial charge on any atom is 0.222 e. The smallest absolute Gasteiger partial charge is 0.222 e. The fourth-order valence-corrected chi connectivity index (χ4v) is 3.72. The lowest BCUT2D eigenvalue weighted by Crippen LogP contribution is -2.28. The minimum Gasteiger partial charge on any atom is -0.348 e. The highest BCUT2D eigenvalue weighted by molar-refractivity contribution is 6.31. The van der Waals surface area contributed by atoms with E-state index in [2.05, 4.69) is 59.6 Å². The molecule has 2 aromatic carbocycles. The van der Waals surface area contributed by atoms with Gasteiger partial charge in [-0.2, -0.15) is 10.1 Å². The van der Waals surface area contributed by atoms with E-state index in [1.54, 1.807) is 6.33 Å². The van der Waals surface area contributed by atoms with Crippen molar-refractivity contribution in [3.63, 3.8) is 0 Å². The van der Waals surface area contributed by atoms with Crippen LogP contribution in [0.15, 0.2) is 54.9 Å². The summed E-state index contributed by atoms with van der Waals surface area (Å²) in [6.07, 6.45) is 2.47. The fraction of sp³-hybridized carbons (Fsp3) is 0.300. The summed E-state index contributed by atoms with van der Waals surface area (Å²) in [6.45, 7) is 4.42. The highest BCUT2D eigenvalue weighted by atomic mass is 35.5. The van der Waals surface area contributed by atoms with Gasteiger partial charge in [-0.25, -0.2) is 4.68 Å². The number of anilines is 1. The lowest BCUT2D eigenvalue weighted by Gasteiger charge is -2.32. The number of benzene rings is 2. The second kappa shape index (κ2) is 6.52. The molecule has 1 aliphatic heterocycles. The lowest BCUT2D eigenvalue weighted by molar-refractivity contribution is 0.431. The van der Waals surface area contributed by atoms with Crippen molar-refractivity contribution < 1.29 is 0 Å². The van der Waals surface area contributed by atoms with Gasteiger partial charge in [0.05, 0.1) is 12.1 Å². The van der Waals surface area contributed by atoms with Gasteiger partial charge < -0.3 is 5.32 Å². The molecule has 0 radical (unpaired) electrons. The maximum atomic E-state index is 6.46. The van der Waals surface area contributed by atoms with Crippen molar-refractivity contribution in [2.75, 3.05) is 5.32 Å². The van der Waals surface area contributed by atoms with E-state index >= 15 is 0 Å². The number of fused-ring (bicyclic) bond motifs is 1. The monoisotopic (exact) mass is 352 g/mol. The van der Waals surface area contributed by atoms with Crippen LogP contribution in [0.25, 0.3) is 0 Å². The van der Waals surface area contributed by atoms with E-state index in [1.165, 1.54) is 11.1 Å². The lowest BCUT2D eigenvalue weighted by atomic mass is 9.92. The molecule has 4 nitrogen and oxygen atoms in total. The minimum absolute atomic E-state index is 0.0715. The van der Waals surface area contributed by atoms with Gasteiger partial charge in [0.1, 0.15) is 6.33 Å². The largest absolute Gasteiger partial charge is 0.348 e. The number of rotatable bonds is 3. The topological polar surface area (TPSA) is 42.7 Å². The summed E-state index contributed by atoms with van der Waals surface area (Å²) in [5.41, 5.74) is 3.70. The van der Waals surface area contributed by atoms with E-state index in [0.717, 1.165) is 23.0 Å². The number of hydrogen-bond acceptors (Lipinski definition) is 3. The Kier molecular flexibility index (Phi) is 4.22. The molecule has 25 heavy (non-hydrogen) atoms. The molecule has 1 N–H and O–H groups in total. The first-order valence-corrected chi connectivity index (χ1v) is 9.01. The van der Waals surface area contributed by atoms with Crippen molar-refractivity contribution in [1.82, 2.24) is 14.8 Å². The van der Waals surface area contributed by atoms with Gasteiger partial charge in [0.2, 0.25) is 5.95 Å². The third kappa shape index (κ3) is 3.02. The highest BCUT2D eigenvalue weighted by Crippen LogP contribution is 2.39. The molecule has 0 aliphatic carbocycles. The summed E-state index contributed by atoms with van der Waals surface area (Å²) in [5, 5.41) is 8.68. The number of hydrogen-bond donors (Lipinski definition) is 1. The molecule has 5 heteroatoms. The van der Waals surface area contributed by atoms with Crippen LogP contribution in [0.2, 0.25) is 5.02 Å². The van der Waals surface area contributed by atoms with Crippen LogP contribution >= 0.6 is 11.6 Å². The van der Waals surface area contributed by atoms with Gasteiger partial charge in [-0.15, -0.1) is 0 Å². The van der Waals surface area contributed by atoms with Crippen molar-refractivity contribution >= 4 is 17.5 Å². The Bertz CT molecular complexity index is 869. The first-order valence-electron chi connectivity index (χ1n) is 8.64. The van der Waals surface area contributed by atoms with Gasteiger partial charge in [-0.05, 0) is 35.1 Å². The second-order valence-corrected chi connectivity index (χ2v) is 7.23. The highest BCUT2D eigenvalue weighted by Gasteiger charge is 2.30. The molecule has 0 spiro atoms. The van der Waals surface area contributed by atoms with E-state index < -0.39 is 0 Å². The molecule has 128 valence electrons. The second-order valence-electron chi connectivity index (χ2n) is 6.82. The molecule has 1 aliphatic rings. The van der Waals surface area contributed by atoms with E-state index in [9.17, 15) is 0 Å². The van der Waals surface area contributed by atoms with Crippen LogP contribution in [0.5, 0.6) is 0 Å². The van der Waals surface area contributed by atoms with Crippen molar-refractivity contribution in [3.05, 3.63) is 76.6 Å². The molecule has 4 rings (SSSR count). The molecule has 0 bridgehead atoms. The molecule has 2 heterocycles. The Morgan fingerprint density at radius 1 is 1.12 bits per heavy atom. The van der Waals surface area contributed by atoms with Gasteiger partial charge in [0, 0.05) is 5.02 Å². The van der Waals surface area contributed by atoms with Crippen LogP contribution in [-0.4, -0.2) is 14.8 Å². The van der Waals surface area contributed by atoms with E-state index in [4.69, 9.17) is 11.6 Å². The molecular weight excluding hydrogens is 332 g/mol. The van der Waals surface area contributed by atoms with Crippen LogP contribution in [0.1, 0.15) is 55.0 Å². The third-order valence-corrected chi connectivity index (χ3v) is 5.24.